The molecule has 2 N–H and O–H groups in total. The summed E-state index contributed by atoms with van der Waals surface area (Å²) in [5.41, 5.74) is -0.821. The van der Waals surface area contributed by atoms with Gasteiger partial charge in [-0.3, -0.25) is 14.5 Å². The van der Waals surface area contributed by atoms with Crippen molar-refractivity contribution in [1.82, 2.24) is 10.2 Å². The molecule has 1 saturated heterocycles. The summed E-state index contributed by atoms with van der Waals surface area (Å²) < 4.78 is 0. The van der Waals surface area contributed by atoms with Crippen molar-refractivity contribution >= 4 is 17.9 Å². The highest BCUT2D eigenvalue weighted by Crippen LogP contribution is 2.17. The van der Waals surface area contributed by atoms with Gasteiger partial charge in [0.25, 0.3) is 5.91 Å². The topological polar surface area (TPSA) is 86.7 Å². The van der Waals surface area contributed by atoms with Crippen molar-refractivity contribution in [2.24, 2.45) is 0 Å². The Hall–Kier alpha value is -1.59. The molecule has 0 aromatic rings. The van der Waals surface area contributed by atoms with Gasteiger partial charge in [0.1, 0.15) is 5.54 Å². The van der Waals surface area contributed by atoms with E-state index in [0.717, 1.165) is 0 Å². The molecule has 0 radical (unpaired) electrons. The van der Waals surface area contributed by atoms with Crippen molar-refractivity contribution in [3.05, 3.63) is 0 Å². The minimum atomic E-state index is -0.821. The van der Waals surface area contributed by atoms with Crippen LogP contribution in [0, 0.1) is 0 Å². The van der Waals surface area contributed by atoms with Crippen molar-refractivity contribution < 1.29 is 19.5 Å². The Balaban J connectivity index is 2.30. The molecule has 0 spiro atoms. The van der Waals surface area contributed by atoms with Crippen LogP contribution >= 0.6 is 0 Å². The second-order valence-electron chi connectivity index (χ2n) is 4.72. The minimum absolute atomic E-state index is 0.131. The molecular weight excluding hydrogens is 224 g/mol. The van der Waals surface area contributed by atoms with Crippen LogP contribution in [-0.4, -0.2) is 40.0 Å². The smallest absolute Gasteiger partial charge is 0.325 e. The van der Waals surface area contributed by atoms with Crippen LogP contribution in [0.5, 0.6) is 0 Å². The van der Waals surface area contributed by atoms with Crippen LogP contribution in [0.25, 0.3) is 0 Å². The second-order valence-corrected chi connectivity index (χ2v) is 4.72. The highest BCUT2D eigenvalue weighted by molar-refractivity contribution is 6.06. The van der Waals surface area contributed by atoms with E-state index in [2.05, 4.69) is 5.32 Å². The molecule has 1 aliphatic rings. The number of hydrogen-bond acceptors (Lipinski definition) is 3. The summed E-state index contributed by atoms with van der Waals surface area (Å²) in [5, 5.41) is 11.0. The second kappa shape index (κ2) is 5.16. The van der Waals surface area contributed by atoms with Gasteiger partial charge in [0, 0.05) is 13.0 Å². The molecule has 0 saturated carbocycles. The maximum Gasteiger partial charge on any atom is 0.325 e. The fraction of sp³-hybridized carbons (Fsp3) is 0.727. The summed E-state index contributed by atoms with van der Waals surface area (Å²) >= 11 is 0. The summed E-state index contributed by atoms with van der Waals surface area (Å²) in [5.74, 6) is -1.04. The van der Waals surface area contributed by atoms with E-state index in [-0.39, 0.29) is 18.4 Å². The Morgan fingerprint density at radius 1 is 1.29 bits per heavy atom. The number of carboxylic acids is 1. The average Bonchev–Trinajstić information content (AvgIpc) is 2.38. The number of carboxylic acid groups (broad SMARTS) is 1. The van der Waals surface area contributed by atoms with Crippen molar-refractivity contribution in [3.8, 4) is 0 Å². The zero-order valence-electron chi connectivity index (χ0n) is 10.2. The van der Waals surface area contributed by atoms with Crippen LogP contribution in [0.4, 0.5) is 4.79 Å². The predicted molar refractivity (Wildman–Crippen MR) is 60.4 cm³/mol. The highest BCUT2D eigenvalue weighted by atomic mass is 16.4. The Morgan fingerprint density at radius 3 is 2.41 bits per heavy atom. The number of hydrogen-bond donors (Lipinski definition) is 2. The zero-order valence-corrected chi connectivity index (χ0v) is 10.2. The fourth-order valence-electron chi connectivity index (χ4n) is 1.74. The summed E-state index contributed by atoms with van der Waals surface area (Å²) in [6, 6.07) is -0.363. The Labute approximate surface area is 100.0 Å². The SMILES string of the molecule is CC1(C)NC(=O)N(CCCCCC(=O)O)C1=O. The number of urea groups is 1. The van der Waals surface area contributed by atoms with Crippen LogP contribution in [0.2, 0.25) is 0 Å². The number of unbranched alkanes of at least 4 members (excludes halogenated alkanes) is 2. The van der Waals surface area contributed by atoms with Gasteiger partial charge in [0.05, 0.1) is 0 Å². The van der Waals surface area contributed by atoms with Gasteiger partial charge >= 0.3 is 12.0 Å². The molecule has 0 aromatic heterocycles. The quantitative estimate of drug-likeness (QED) is 0.536. The Morgan fingerprint density at radius 2 is 1.94 bits per heavy atom. The van der Waals surface area contributed by atoms with Gasteiger partial charge in [-0.05, 0) is 26.7 Å². The first-order valence-corrected chi connectivity index (χ1v) is 5.70. The molecule has 0 atom stereocenters. The van der Waals surface area contributed by atoms with Gasteiger partial charge in [0.2, 0.25) is 0 Å². The number of amides is 3. The molecule has 1 rings (SSSR count). The van der Waals surface area contributed by atoms with Crippen molar-refractivity contribution in [2.75, 3.05) is 6.54 Å². The van der Waals surface area contributed by atoms with Crippen molar-refractivity contribution in [2.45, 2.75) is 45.1 Å². The molecule has 1 heterocycles. The number of carbonyl (C=O) groups is 3. The Kier molecular flexibility index (Phi) is 4.09. The van der Waals surface area contributed by atoms with Crippen molar-refractivity contribution in [1.29, 1.82) is 0 Å². The van der Waals surface area contributed by atoms with E-state index in [0.29, 0.717) is 25.8 Å². The first-order chi connectivity index (χ1) is 7.84. The van der Waals surface area contributed by atoms with E-state index in [1.165, 1.54) is 4.90 Å². The third-order valence-electron chi connectivity index (χ3n) is 2.72. The summed E-state index contributed by atoms with van der Waals surface area (Å²) in [6.45, 7) is 3.68. The molecule has 0 aliphatic carbocycles. The first kappa shape index (κ1) is 13.5. The third-order valence-corrected chi connectivity index (χ3v) is 2.72. The monoisotopic (exact) mass is 242 g/mol. The van der Waals surface area contributed by atoms with Gasteiger partial charge in [-0.2, -0.15) is 0 Å². The normalized spacial score (nSPS) is 18.4. The van der Waals surface area contributed by atoms with E-state index in [1.54, 1.807) is 13.8 Å². The number of nitrogens with zero attached hydrogens (tertiary/aromatic N) is 1. The Bertz CT molecular complexity index is 338. The van der Waals surface area contributed by atoms with Gasteiger partial charge in [-0.1, -0.05) is 6.42 Å². The lowest BCUT2D eigenvalue weighted by Crippen LogP contribution is -2.40. The van der Waals surface area contributed by atoms with Crippen LogP contribution in [0.15, 0.2) is 0 Å². The number of aliphatic carboxylic acids is 1. The van der Waals surface area contributed by atoms with Gasteiger partial charge in [-0.15, -0.1) is 0 Å². The molecule has 3 amide bonds. The van der Waals surface area contributed by atoms with E-state index in [4.69, 9.17) is 5.11 Å². The van der Waals surface area contributed by atoms with Crippen LogP contribution in [0.3, 0.4) is 0 Å². The molecule has 96 valence electrons. The molecule has 0 aromatic carbocycles. The molecule has 0 bridgehead atoms. The number of imide groups is 1. The predicted octanol–water partition coefficient (Wildman–Crippen LogP) is 0.962. The van der Waals surface area contributed by atoms with Crippen LogP contribution < -0.4 is 5.32 Å². The number of nitrogens with one attached hydrogen (secondary N) is 1. The average molecular weight is 242 g/mol. The lowest BCUT2D eigenvalue weighted by Gasteiger charge is -2.15. The maximum atomic E-state index is 11.8. The minimum Gasteiger partial charge on any atom is -0.481 e. The largest absolute Gasteiger partial charge is 0.481 e. The van der Waals surface area contributed by atoms with Gasteiger partial charge in [0.15, 0.2) is 0 Å². The van der Waals surface area contributed by atoms with Gasteiger partial charge in [-0.25, -0.2) is 4.79 Å². The molecule has 1 fully saturated rings. The lowest BCUT2D eigenvalue weighted by molar-refractivity contribution is -0.137. The number of carbonyl (C=O) groups excluding carboxylic acids is 2. The molecule has 6 heteroatoms. The van der Waals surface area contributed by atoms with Crippen LogP contribution in [-0.2, 0) is 9.59 Å². The third kappa shape index (κ3) is 3.44. The highest BCUT2D eigenvalue weighted by Gasteiger charge is 2.43. The summed E-state index contributed by atoms with van der Waals surface area (Å²) in [4.78, 5) is 34.7. The number of rotatable bonds is 6. The summed E-state index contributed by atoms with van der Waals surface area (Å²) in [7, 11) is 0. The lowest BCUT2D eigenvalue weighted by atomic mass is 10.1. The molecular formula is C11H18N2O4. The molecule has 1 aliphatic heterocycles. The standard InChI is InChI=1S/C11H18N2O4/c1-11(2)9(16)13(10(17)12-11)7-5-3-4-6-8(14)15/h3-7H2,1-2H3,(H,12,17)(H,14,15). The van der Waals surface area contributed by atoms with E-state index in [9.17, 15) is 14.4 Å². The maximum absolute atomic E-state index is 11.8. The van der Waals surface area contributed by atoms with Crippen LogP contribution in [0.1, 0.15) is 39.5 Å². The fourth-order valence-corrected chi connectivity index (χ4v) is 1.74. The first-order valence-electron chi connectivity index (χ1n) is 5.70. The summed E-state index contributed by atoms with van der Waals surface area (Å²) in [6.07, 6.45) is 2.04. The van der Waals surface area contributed by atoms with Crippen molar-refractivity contribution in [3.63, 3.8) is 0 Å². The van der Waals surface area contributed by atoms with E-state index < -0.39 is 11.5 Å². The van der Waals surface area contributed by atoms with E-state index >= 15 is 0 Å². The molecule has 0 unspecified atom stereocenters. The van der Waals surface area contributed by atoms with Gasteiger partial charge < -0.3 is 10.4 Å². The van der Waals surface area contributed by atoms with E-state index in [1.807, 2.05) is 0 Å². The zero-order chi connectivity index (χ0) is 13.1. The molecule has 6 nitrogen and oxygen atoms in total. The molecule has 17 heavy (non-hydrogen) atoms.